The summed E-state index contributed by atoms with van der Waals surface area (Å²) >= 11 is 1.68. The van der Waals surface area contributed by atoms with Gasteiger partial charge in [0.15, 0.2) is 0 Å². The van der Waals surface area contributed by atoms with E-state index < -0.39 is 0 Å². The molecule has 0 aromatic carbocycles. The highest BCUT2D eigenvalue weighted by atomic mass is 32.1. The van der Waals surface area contributed by atoms with Gasteiger partial charge in [0.2, 0.25) is 0 Å². The summed E-state index contributed by atoms with van der Waals surface area (Å²) in [6, 6.07) is 0. The van der Waals surface area contributed by atoms with Crippen molar-refractivity contribution in [3.05, 3.63) is 23.0 Å². The second kappa shape index (κ2) is 4.76. The van der Waals surface area contributed by atoms with E-state index in [0.29, 0.717) is 6.54 Å². The van der Waals surface area contributed by atoms with Gasteiger partial charge < -0.3 is 5.73 Å². The number of rotatable bonds is 4. The number of nitrogens with two attached hydrogens (primary N) is 1. The number of nitrogens with zero attached hydrogens (tertiary/aromatic N) is 3. The van der Waals surface area contributed by atoms with Crippen molar-refractivity contribution in [2.75, 3.05) is 0 Å². The summed E-state index contributed by atoms with van der Waals surface area (Å²) in [5, 5.41) is 5.18. The molecule has 5 heteroatoms. The van der Waals surface area contributed by atoms with Gasteiger partial charge in [-0.15, -0.1) is 11.3 Å². The third-order valence-electron chi connectivity index (χ3n) is 2.40. The normalized spacial score (nSPS) is 10.9. The van der Waals surface area contributed by atoms with E-state index in [9.17, 15) is 0 Å². The van der Waals surface area contributed by atoms with E-state index in [2.05, 4.69) is 17.0 Å². The van der Waals surface area contributed by atoms with Crippen LogP contribution in [-0.2, 0) is 20.0 Å². The average Bonchev–Trinajstić information content (AvgIpc) is 2.85. The first kappa shape index (κ1) is 11.3. The summed E-state index contributed by atoms with van der Waals surface area (Å²) in [7, 11) is 1.91. The standard InChI is InChI=1S/C11H16N4S/c1-3-4-9-10(5-12)16-11(14-9)8-6-13-15(2)7-8/h6-7H,3-5,12H2,1-2H3. The molecule has 86 valence electrons. The smallest absolute Gasteiger partial charge is 0.127 e. The molecule has 2 aromatic rings. The molecule has 0 radical (unpaired) electrons. The molecule has 0 aliphatic heterocycles. The highest BCUT2D eigenvalue weighted by Crippen LogP contribution is 2.28. The maximum absolute atomic E-state index is 5.73. The van der Waals surface area contributed by atoms with Gasteiger partial charge in [0.05, 0.1) is 11.9 Å². The van der Waals surface area contributed by atoms with Crippen molar-refractivity contribution in [3.63, 3.8) is 0 Å². The zero-order chi connectivity index (χ0) is 11.5. The lowest BCUT2D eigenvalue weighted by Gasteiger charge is -1.94. The molecule has 0 fully saturated rings. The molecule has 0 atom stereocenters. The molecular formula is C11H16N4S. The predicted molar refractivity (Wildman–Crippen MR) is 66.2 cm³/mol. The fourth-order valence-corrected chi connectivity index (χ4v) is 2.59. The summed E-state index contributed by atoms with van der Waals surface area (Å²) in [6.45, 7) is 2.73. The Balaban J connectivity index is 2.35. The molecule has 0 saturated carbocycles. The van der Waals surface area contributed by atoms with Crippen LogP contribution in [0.1, 0.15) is 23.9 Å². The van der Waals surface area contributed by atoms with Crippen molar-refractivity contribution in [2.45, 2.75) is 26.3 Å². The minimum atomic E-state index is 0.577. The second-order valence-corrected chi connectivity index (χ2v) is 4.83. The van der Waals surface area contributed by atoms with Crippen molar-refractivity contribution in [1.29, 1.82) is 0 Å². The Morgan fingerprint density at radius 3 is 2.88 bits per heavy atom. The Bertz CT molecular complexity index is 472. The zero-order valence-corrected chi connectivity index (χ0v) is 10.4. The number of aryl methyl sites for hydroxylation is 2. The number of hydrogen-bond acceptors (Lipinski definition) is 4. The molecule has 2 N–H and O–H groups in total. The van der Waals surface area contributed by atoms with Gasteiger partial charge in [0.1, 0.15) is 5.01 Å². The monoisotopic (exact) mass is 236 g/mol. The average molecular weight is 236 g/mol. The van der Waals surface area contributed by atoms with Crippen LogP contribution >= 0.6 is 11.3 Å². The molecule has 0 amide bonds. The Hall–Kier alpha value is -1.20. The summed E-state index contributed by atoms with van der Waals surface area (Å²) in [4.78, 5) is 5.83. The minimum absolute atomic E-state index is 0.577. The first-order valence-corrected chi connectivity index (χ1v) is 6.24. The van der Waals surface area contributed by atoms with E-state index in [1.807, 2.05) is 19.4 Å². The van der Waals surface area contributed by atoms with E-state index in [1.165, 1.54) is 4.88 Å². The SMILES string of the molecule is CCCc1nc(-c2cnn(C)c2)sc1CN. The van der Waals surface area contributed by atoms with E-state index in [0.717, 1.165) is 29.1 Å². The van der Waals surface area contributed by atoms with E-state index in [4.69, 9.17) is 5.73 Å². The van der Waals surface area contributed by atoms with Crippen LogP contribution in [0.15, 0.2) is 12.4 Å². The van der Waals surface area contributed by atoms with Crippen molar-refractivity contribution in [2.24, 2.45) is 12.8 Å². The quantitative estimate of drug-likeness (QED) is 0.882. The molecule has 2 rings (SSSR count). The molecule has 2 heterocycles. The molecular weight excluding hydrogens is 220 g/mol. The van der Waals surface area contributed by atoms with Gasteiger partial charge in [-0.2, -0.15) is 5.10 Å². The van der Waals surface area contributed by atoms with Crippen LogP contribution in [0, 0.1) is 0 Å². The van der Waals surface area contributed by atoms with Crippen LogP contribution in [0.5, 0.6) is 0 Å². The van der Waals surface area contributed by atoms with Crippen LogP contribution in [0.2, 0.25) is 0 Å². The zero-order valence-electron chi connectivity index (χ0n) is 9.60. The third-order valence-corrected chi connectivity index (χ3v) is 3.57. The van der Waals surface area contributed by atoms with Crippen LogP contribution in [0.3, 0.4) is 0 Å². The Labute approximate surface area is 99.1 Å². The molecule has 16 heavy (non-hydrogen) atoms. The van der Waals surface area contributed by atoms with Crippen LogP contribution in [-0.4, -0.2) is 14.8 Å². The highest BCUT2D eigenvalue weighted by molar-refractivity contribution is 7.15. The van der Waals surface area contributed by atoms with Gasteiger partial charge in [-0.1, -0.05) is 13.3 Å². The Kier molecular flexibility index (Phi) is 3.36. The van der Waals surface area contributed by atoms with Gasteiger partial charge in [0.25, 0.3) is 0 Å². The topological polar surface area (TPSA) is 56.7 Å². The van der Waals surface area contributed by atoms with Gasteiger partial charge in [-0.25, -0.2) is 4.98 Å². The van der Waals surface area contributed by atoms with Crippen molar-refractivity contribution < 1.29 is 0 Å². The molecule has 0 saturated heterocycles. The fraction of sp³-hybridized carbons (Fsp3) is 0.455. The van der Waals surface area contributed by atoms with E-state index in [-0.39, 0.29) is 0 Å². The molecule has 0 bridgehead atoms. The fourth-order valence-electron chi connectivity index (χ4n) is 1.63. The van der Waals surface area contributed by atoms with Gasteiger partial charge >= 0.3 is 0 Å². The molecule has 0 spiro atoms. The van der Waals surface area contributed by atoms with Crippen molar-refractivity contribution in [1.82, 2.24) is 14.8 Å². The first-order valence-electron chi connectivity index (χ1n) is 5.42. The summed E-state index contributed by atoms with van der Waals surface area (Å²) in [5.74, 6) is 0. The maximum Gasteiger partial charge on any atom is 0.127 e. The maximum atomic E-state index is 5.73. The van der Waals surface area contributed by atoms with Crippen LogP contribution in [0.25, 0.3) is 10.6 Å². The lowest BCUT2D eigenvalue weighted by molar-refractivity contribution is 0.768. The summed E-state index contributed by atoms with van der Waals surface area (Å²) < 4.78 is 1.79. The lowest BCUT2D eigenvalue weighted by Crippen LogP contribution is -1.97. The molecule has 0 aliphatic rings. The predicted octanol–water partition coefficient (Wildman–Crippen LogP) is 1.95. The highest BCUT2D eigenvalue weighted by Gasteiger charge is 2.11. The number of thiazole rings is 1. The van der Waals surface area contributed by atoms with Gasteiger partial charge in [-0.3, -0.25) is 4.68 Å². The summed E-state index contributed by atoms with van der Waals surface area (Å²) in [6.07, 6.45) is 5.93. The van der Waals surface area contributed by atoms with Crippen molar-refractivity contribution in [3.8, 4) is 10.6 Å². The number of aromatic nitrogens is 3. The van der Waals surface area contributed by atoms with E-state index in [1.54, 1.807) is 16.0 Å². The van der Waals surface area contributed by atoms with Gasteiger partial charge in [0, 0.05) is 30.2 Å². The summed E-state index contributed by atoms with van der Waals surface area (Å²) in [5.41, 5.74) is 7.95. The third kappa shape index (κ3) is 2.15. The van der Waals surface area contributed by atoms with Crippen LogP contribution in [0.4, 0.5) is 0 Å². The largest absolute Gasteiger partial charge is 0.326 e. The Morgan fingerprint density at radius 1 is 1.50 bits per heavy atom. The molecule has 0 unspecified atom stereocenters. The van der Waals surface area contributed by atoms with E-state index >= 15 is 0 Å². The molecule has 4 nitrogen and oxygen atoms in total. The lowest BCUT2D eigenvalue weighted by atomic mass is 10.2. The number of hydrogen-bond donors (Lipinski definition) is 1. The minimum Gasteiger partial charge on any atom is -0.326 e. The molecule has 0 aliphatic carbocycles. The molecule has 2 aromatic heterocycles. The second-order valence-electron chi connectivity index (χ2n) is 3.75. The van der Waals surface area contributed by atoms with Crippen molar-refractivity contribution >= 4 is 11.3 Å². The Morgan fingerprint density at radius 2 is 2.31 bits per heavy atom. The van der Waals surface area contributed by atoms with Gasteiger partial charge in [-0.05, 0) is 6.42 Å². The van der Waals surface area contributed by atoms with Crippen LogP contribution < -0.4 is 5.73 Å². The first-order chi connectivity index (χ1) is 7.74.